The van der Waals surface area contributed by atoms with Crippen molar-refractivity contribution in [2.45, 2.75) is 25.2 Å². The molecule has 2 atom stereocenters. The number of hydrogen-bond donors (Lipinski definition) is 2. The van der Waals surface area contributed by atoms with Crippen LogP contribution >= 0.6 is 0 Å². The van der Waals surface area contributed by atoms with Gasteiger partial charge in [0, 0.05) is 66.4 Å². The Hall–Kier alpha value is -4.45. The molecule has 5 aromatic rings. The van der Waals surface area contributed by atoms with Crippen LogP contribution in [0.5, 0.6) is 5.75 Å². The van der Waals surface area contributed by atoms with E-state index in [-0.39, 0.29) is 37.4 Å². The number of hydrogen-bond acceptors (Lipinski definition) is 5. The first-order chi connectivity index (χ1) is 20.1. The maximum Gasteiger partial charge on any atom is 0.393 e. The van der Waals surface area contributed by atoms with Crippen molar-refractivity contribution in [3.63, 3.8) is 0 Å². The van der Waals surface area contributed by atoms with Gasteiger partial charge in [0.05, 0.1) is 29.8 Å². The van der Waals surface area contributed by atoms with Crippen LogP contribution in [-0.2, 0) is 13.6 Å². The van der Waals surface area contributed by atoms with E-state index in [2.05, 4.69) is 20.6 Å². The number of benzene rings is 3. The van der Waals surface area contributed by atoms with Crippen molar-refractivity contribution in [2.24, 2.45) is 13.0 Å². The van der Waals surface area contributed by atoms with Gasteiger partial charge in [-0.15, -0.1) is 0 Å². The summed E-state index contributed by atoms with van der Waals surface area (Å²) in [5.41, 5.74) is 3.50. The number of piperidine rings is 1. The molecule has 3 aromatic carbocycles. The van der Waals surface area contributed by atoms with Crippen LogP contribution in [0.1, 0.15) is 22.3 Å². The second-order valence-electron chi connectivity index (χ2n) is 10.7. The molecule has 1 saturated heterocycles. The van der Waals surface area contributed by atoms with Gasteiger partial charge in [-0.2, -0.15) is 23.4 Å². The van der Waals surface area contributed by atoms with Crippen LogP contribution in [-0.4, -0.2) is 63.2 Å². The number of ether oxygens (including phenoxy) is 1. The molecule has 0 radical (unpaired) electrons. The fourth-order valence-electron chi connectivity index (χ4n) is 5.71. The quantitative estimate of drug-likeness (QED) is 0.261. The Bertz CT molecular complexity index is 1780. The van der Waals surface area contributed by atoms with E-state index in [1.807, 2.05) is 31.4 Å². The summed E-state index contributed by atoms with van der Waals surface area (Å²) in [6.07, 6.45) is -2.85. The number of carbonyl (C=O) groups excluding carboxylic acids is 1. The summed E-state index contributed by atoms with van der Waals surface area (Å²) in [6.45, 7) is -0.264. The Morgan fingerprint density at radius 1 is 1.14 bits per heavy atom. The summed E-state index contributed by atoms with van der Waals surface area (Å²) in [5.74, 6) is -2.48. The molecule has 0 saturated carbocycles. The number of fused-ring (bicyclic) bond motifs is 2. The average molecular weight is 581 g/mol. The highest BCUT2D eigenvalue weighted by atomic mass is 19.4. The molecule has 0 bridgehead atoms. The van der Waals surface area contributed by atoms with E-state index >= 15 is 0 Å². The fourth-order valence-corrected chi connectivity index (χ4v) is 5.71. The third-order valence-electron chi connectivity index (χ3n) is 7.72. The Morgan fingerprint density at radius 2 is 1.98 bits per heavy atom. The van der Waals surface area contributed by atoms with E-state index in [0.29, 0.717) is 22.2 Å². The topological polar surface area (TPSA) is 88.1 Å². The fraction of sp³-hybridized carbons (Fsp3) is 0.300. The Kier molecular flexibility index (Phi) is 7.09. The van der Waals surface area contributed by atoms with Crippen LogP contribution < -0.4 is 10.1 Å². The van der Waals surface area contributed by atoms with Gasteiger partial charge >= 0.3 is 6.18 Å². The number of alkyl halides is 3. The minimum Gasteiger partial charge on any atom is -0.496 e. The number of aromatic amines is 1. The summed E-state index contributed by atoms with van der Waals surface area (Å²) in [6, 6.07) is 14.3. The first kappa shape index (κ1) is 27.7. The van der Waals surface area contributed by atoms with Crippen LogP contribution in [0, 0.1) is 11.7 Å². The number of rotatable bonds is 6. The van der Waals surface area contributed by atoms with Gasteiger partial charge in [-0.25, -0.2) is 4.39 Å². The van der Waals surface area contributed by atoms with Crippen LogP contribution in [0.3, 0.4) is 0 Å². The summed E-state index contributed by atoms with van der Waals surface area (Å²) in [7, 11) is 3.23. The highest BCUT2D eigenvalue weighted by molar-refractivity contribution is 6.02. The number of nitrogens with one attached hydrogen (secondary N) is 2. The van der Waals surface area contributed by atoms with Gasteiger partial charge in [-0.1, -0.05) is 12.1 Å². The van der Waals surface area contributed by atoms with Gasteiger partial charge in [0.25, 0.3) is 5.91 Å². The molecule has 0 unspecified atom stereocenters. The lowest BCUT2D eigenvalue weighted by molar-refractivity contribution is -0.189. The second-order valence-corrected chi connectivity index (χ2v) is 10.7. The van der Waals surface area contributed by atoms with Gasteiger partial charge < -0.3 is 10.1 Å². The van der Waals surface area contributed by atoms with Crippen LogP contribution in [0.15, 0.2) is 60.8 Å². The van der Waals surface area contributed by atoms with Gasteiger partial charge in [0.1, 0.15) is 11.6 Å². The monoisotopic (exact) mass is 580 g/mol. The van der Waals surface area contributed by atoms with E-state index in [1.54, 1.807) is 28.9 Å². The first-order valence-electron chi connectivity index (χ1n) is 13.4. The molecule has 2 N–H and O–H groups in total. The number of methoxy groups -OCH3 is 1. The van der Waals surface area contributed by atoms with Gasteiger partial charge in [0.2, 0.25) is 0 Å². The molecular weight excluding hydrogens is 552 g/mol. The lowest BCUT2D eigenvalue weighted by Gasteiger charge is -2.39. The van der Waals surface area contributed by atoms with Crippen molar-refractivity contribution in [1.29, 1.82) is 0 Å². The molecule has 3 heterocycles. The van der Waals surface area contributed by atoms with E-state index in [0.717, 1.165) is 16.5 Å². The zero-order valence-corrected chi connectivity index (χ0v) is 22.9. The molecule has 42 heavy (non-hydrogen) atoms. The highest BCUT2D eigenvalue weighted by Crippen LogP contribution is 2.35. The average Bonchev–Trinajstić information content (AvgIpc) is 3.55. The number of nitrogens with zero attached hydrogens (tertiary/aromatic N) is 4. The standard InChI is InChI=1S/C30H28F4N6O2/c1-39-13-19-10-17(6-8-25(19)38-39)28-22-11-18(7-9-26(22)36-37-28)29(41)35-21-12-20(30(32,33)34)14-40(15-21)16-23-24(31)4-3-5-27(23)42-2/h3-11,13,20-21H,12,14-16H2,1-2H3,(H,35,41)(H,36,37)/t20-,21+/m1/s1. The zero-order chi connectivity index (χ0) is 29.6. The maximum absolute atomic E-state index is 14.6. The van der Waals surface area contributed by atoms with E-state index in [4.69, 9.17) is 4.74 Å². The number of aromatic nitrogens is 4. The molecule has 1 amide bonds. The van der Waals surface area contributed by atoms with Crippen molar-refractivity contribution in [3.05, 3.63) is 77.7 Å². The van der Waals surface area contributed by atoms with Gasteiger partial charge in [0.15, 0.2) is 0 Å². The third-order valence-corrected chi connectivity index (χ3v) is 7.72. The molecule has 1 aliphatic rings. The molecule has 0 aliphatic carbocycles. The molecule has 1 fully saturated rings. The molecule has 218 valence electrons. The SMILES string of the molecule is COc1cccc(F)c1CN1C[C@@H](NC(=O)c2ccc3[nH]nc(-c4ccc5nn(C)cc5c4)c3c2)C[C@@H](C(F)(F)F)C1. The summed E-state index contributed by atoms with van der Waals surface area (Å²) in [5, 5.41) is 16.2. The number of H-pyrrole nitrogens is 1. The minimum absolute atomic E-state index is 0.0829. The van der Waals surface area contributed by atoms with Crippen molar-refractivity contribution in [2.75, 3.05) is 20.2 Å². The number of halogens is 4. The minimum atomic E-state index is -4.47. The lowest BCUT2D eigenvalue weighted by Crippen LogP contribution is -2.53. The van der Waals surface area contributed by atoms with E-state index in [9.17, 15) is 22.4 Å². The predicted octanol–water partition coefficient (Wildman–Crippen LogP) is 5.45. The van der Waals surface area contributed by atoms with Crippen LogP contribution in [0.25, 0.3) is 33.1 Å². The van der Waals surface area contributed by atoms with Crippen molar-refractivity contribution in [1.82, 2.24) is 30.2 Å². The number of likely N-dealkylation sites (tertiary alicyclic amines) is 1. The molecule has 0 spiro atoms. The van der Waals surface area contributed by atoms with Crippen molar-refractivity contribution >= 4 is 27.7 Å². The highest BCUT2D eigenvalue weighted by Gasteiger charge is 2.45. The Morgan fingerprint density at radius 3 is 2.76 bits per heavy atom. The van der Waals surface area contributed by atoms with Crippen molar-refractivity contribution in [3.8, 4) is 17.0 Å². The molecule has 1 aliphatic heterocycles. The van der Waals surface area contributed by atoms with E-state index in [1.165, 1.54) is 24.1 Å². The number of carbonyl (C=O) groups is 1. The zero-order valence-electron chi connectivity index (χ0n) is 22.9. The number of amides is 1. The smallest absolute Gasteiger partial charge is 0.393 e. The van der Waals surface area contributed by atoms with Crippen molar-refractivity contribution < 1.29 is 27.1 Å². The largest absolute Gasteiger partial charge is 0.496 e. The Labute approximate surface area is 238 Å². The molecular formula is C30H28F4N6O2. The van der Waals surface area contributed by atoms with Crippen LogP contribution in [0.2, 0.25) is 0 Å². The molecule has 8 nitrogen and oxygen atoms in total. The molecule has 12 heteroatoms. The molecule has 2 aromatic heterocycles. The maximum atomic E-state index is 14.6. The number of aryl methyl sites for hydroxylation is 1. The predicted molar refractivity (Wildman–Crippen MR) is 149 cm³/mol. The molecule has 6 rings (SSSR count). The normalized spacial score (nSPS) is 18.0. The summed E-state index contributed by atoms with van der Waals surface area (Å²) < 4.78 is 63.2. The summed E-state index contributed by atoms with van der Waals surface area (Å²) in [4.78, 5) is 14.9. The Balaban J connectivity index is 1.24. The van der Waals surface area contributed by atoms with Gasteiger partial charge in [-0.05, 0) is 48.9 Å². The van der Waals surface area contributed by atoms with E-state index < -0.39 is 29.9 Å². The van der Waals surface area contributed by atoms with Gasteiger partial charge in [-0.3, -0.25) is 19.5 Å². The third kappa shape index (κ3) is 5.41. The summed E-state index contributed by atoms with van der Waals surface area (Å²) >= 11 is 0. The van der Waals surface area contributed by atoms with Crippen LogP contribution in [0.4, 0.5) is 17.6 Å². The second kappa shape index (κ2) is 10.8. The lowest BCUT2D eigenvalue weighted by atomic mass is 9.92. The first-order valence-corrected chi connectivity index (χ1v) is 13.4.